The van der Waals surface area contributed by atoms with E-state index in [0.29, 0.717) is 0 Å². The number of rotatable bonds is 4. The van der Waals surface area contributed by atoms with Crippen molar-refractivity contribution in [2.45, 2.75) is 32.7 Å². The smallest absolute Gasteiger partial charge is 0.180 e. The van der Waals surface area contributed by atoms with E-state index in [1.165, 1.54) is 13.5 Å². The molecule has 0 saturated carbocycles. The van der Waals surface area contributed by atoms with Gasteiger partial charge in [0.05, 0.1) is 6.61 Å². The van der Waals surface area contributed by atoms with Crippen molar-refractivity contribution in [2.24, 2.45) is 0 Å². The highest BCUT2D eigenvalue weighted by molar-refractivity contribution is 4.53. The second kappa shape index (κ2) is 4.73. The van der Waals surface area contributed by atoms with Crippen molar-refractivity contribution in [3.05, 3.63) is 6.61 Å². The van der Waals surface area contributed by atoms with E-state index < -0.39 is 12.4 Å². The summed E-state index contributed by atoms with van der Waals surface area (Å²) in [5, 5.41) is 17.4. The van der Waals surface area contributed by atoms with Gasteiger partial charge >= 0.3 is 0 Å². The zero-order chi connectivity index (χ0) is 7.28. The van der Waals surface area contributed by atoms with Crippen LogP contribution in [0.15, 0.2) is 0 Å². The quantitative estimate of drug-likeness (QED) is 0.541. The van der Waals surface area contributed by atoms with E-state index >= 15 is 0 Å². The summed E-state index contributed by atoms with van der Waals surface area (Å²) in [6, 6.07) is 0. The molecule has 0 aromatic rings. The van der Waals surface area contributed by atoms with E-state index in [9.17, 15) is 0 Å². The Labute approximate surface area is 55.3 Å². The van der Waals surface area contributed by atoms with Crippen LogP contribution in [-0.2, 0) is 4.74 Å². The van der Waals surface area contributed by atoms with Crippen LogP contribution in [0.2, 0.25) is 0 Å². The summed E-state index contributed by atoms with van der Waals surface area (Å²) in [7, 11) is 0. The number of aliphatic hydroxyl groups excluding tert-OH is 2. The molecule has 2 N–H and O–H groups in total. The number of hydrogen-bond donors (Lipinski definition) is 2. The lowest BCUT2D eigenvalue weighted by Gasteiger charge is -2.12. The van der Waals surface area contributed by atoms with Crippen LogP contribution in [0.4, 0.5) is 0 Å². The summed E-state index contributed by atoms with van der Waals surface area (Å²) < 4.78 is 4.63. The molecule has 0 bridgehead atoms. The second-order valence-corrected chi connectivity index (χ2v) is 1.84. The highest BCUT2D eigenvalue weighted by Crippen LogP contribution is 1.97. The van der Waals surface area contributed by atoms with Crippen LogP contribution in [-0.4, -0.2) is 22.6 Å². The van der Waals surface area contributed by atoms with E-state index in [1.807, 2.05) is 6.92 Å². The lowest BCUT2D eigenvalue weighted by atomic mass is 10.4. The van der Waals surface area contributed by atoms with Gasteiger partial charge in [-0.3, -0.25) is 0 Å². The molecule has 0 aliphatic rings. The normalized spacial score (nSPS) is 17.3. The van der Waals surface area contributed by atoms with Gasteiger partial charge in [0.15, 0.2) is 6.29 Å². The monoisotopic (exact) mass is 133 g/mol. The van der Waals surface area contributed by atoms with Gasteiger partial charge in [-0.05, 0) is 13.3 Å². The molecule has 0 rings (SSSR count). The first kappa shape index (κ1) is 8.88. The van der Waals surface area contributed by atoms with Crippen molar-refractivity contribution in [1.82, 2.24) is 0 Å². The SMILES string of the molecule is CC[CH]OC(O)C(C)O. The number of aliphatic hydroxyl groups is 2. The van der Waals surface area contributed by atoms with Crippen LogP contribution in [0.25, 0.3) is 0 Å². The fourth-order valence-electron chi connectivity index (χ4n) is 0.309. The van der Waals surface area contributed by atoms with Gasteiger partial charge in [0.1, 0.15) is 6.10 Å². The van der Waals surface area contributed by atoms with Crippen molar-refractivity contribution >= 4 is 0 Å². The molecule has 0 saturated heterocycles. The predicted molar refractivity (Wildman–Crippen MR) is 33.4 cm³/mol. The Morgan fingerprint density at radius 2 is 2.11 bits per heavy atom. The average Bonchev–Trinajstić information content (AvgIpc) is 1.82. The van der Waals surface area contributed by atoms with Crippen LogP contribution in [0.1, 0.15) is 20.3 Å². The molecule has 0 spiro atoms. The predicted octanol–water partition coefficient (Wildman–Crippen LogP) is 0.274. The molecule has 0 aliphatic carbocycles. The highest BCUT2D eigenvalue weighted by atomic mass is 16.6. The van der Waals surface area contributed by atoms with Gasteiger partial charge in [-0.25, -0.2) is 0 Å². The van der Waals surface area contributed by atoms with Crippen molar-refractivity contribution in [2.75, 3.05) is 0 Å². The molecule has 0 aromatic heterocycles. The summed E-state index contributed by atoms with van der Waals surface area (Å²) in [6.07, 6.45) is -1.18. The largest absolute Gasteiger partial charge is 0.388 e. The van der Waals surface area contributed by atoms with Gasteiger partial charge in [-0.15, -0.1) is 0 Å². The molecule has 1 radical (unpaired) electrons. The molecule has 0 aromatic carbocycles. The van der Waals surface area contributed by atoms with Crippen LogP contribution >= 0.6 is 0 Å². The standard InChI is InChI=1S/C6H13O3/c1-3-4-9-6(8)5(2)7/h4-8H,3H2,1-2H3. The lowest BCUT2D eigenvalue weighted by Crippen LogP contribution is -2.24. The van der Waals surface area contributed by atoms with Crippen molar-refractivity contribution in [1.29, 1.82) is 0 Å². The summed E-state index contributed by atoms with van der Waals surface area (Å²) in [4.78, 5) is 0. The molecule has 55 valence electrons. The Morgan fingerprint density at radius 3 is 2.44 bits per heavy atom. The number of hydrogen-bond acceptors (Lipinski definition) is 3. The first-order valence-corrected chi connectivity index (χ1v) is 3.01. The molecule has 2 unspecified atom stereocenters. The summed E-state index contributed by atoms with van der Waals surface area (Å²) in [5.41, 5.74) is 0. The second-order valence-electron chi connectivity index (χ2n) is 1.84. The van der Waals surface area contributed by atoms with E-state index in [4.69, 9.17) is 10.2 Å². The zero-order valence-corrected chi connectivity index (χ0v) is 5.74. The molecule has 3 heteroatoms. The molecular formula is C6H13O3. The molecule has 0 fully saturated rings. The van der Waals surface area contributed by atoms with Gasteiger partial charge in [0.2, 0.25) is 0 Å². The van der Waals surface area contributed by atoms with E-state index in [0.717, 1.165) is 6.42 Å². The summed E-state index contributed by atoms with van der Waals surface area (Å²) >= 11 is 0. The molecule has 2 atom stereocenters. The minimum Gasteiger partial charge on any atom is -0.388 e. The van der Waals surface area contributed by atoms with Gasteiger partial charge in [0, 0.05) is 0 Å². The third-order valence-corrected chi connectivity index (χ3v) is 0.815. The Hall–Kier alpha value is -0.120. The minimum atomic E-state index is -1.08. The van der Waals surface area contributed by atoms with Crippen LogP contribution < -0.4 is 0 Å². The van der Waals surface area contributed by atoms with Crippen molar-refractivity contribution in [3.63, 3.8) is 0 Å². The third kappa shape index (κ3) is 4.39. The highest BCUT2D eigenvalue weighted by Gasteiger charge is 2.09. The van der Waals surface area contributed by atoms with Crippen molar-refractivity contribution in [3.8, 4) is 0 Å². The Kier molecular flexibility index (Phi) is 4.67. The maximum Gasteiger partial charge on any atom is 0.180 e. The fraction of sp³-hybridized carbons (Fsp3) is 0.833. The van der Waals surface area contributed by atoms with Gasteiger partial charge in [-0.2, -0.15) is 0 Å². The topological polar surface area (TPSA) is 49.7 Å². The van der Waals surface area contributed by atoms with Crippen LogP contribution in [0.5, 0.6) is 0 Å². The Morgan fingerprint density at radius 1 is 1.56 bits per heavy atom. The summed E-state index contributed by atoms with van der Waals surface area (Å²) in [5.74, 6) is 0. The van der Waals surface area contributed by atoms with Crippen molar-refractivity contribution < 1.29 is 14.9 Å². The Balaban J connectivity index is 3.16. The maximum atomic E-state index is 8.75. The molecule has 0 aliphatic heterocycles. The van der Waals surface area contributed by atoms with E-state index in [-0.39, 0.29) is 0 Å². The molecule has 9 heavy (non-hydrogen) atoms. The zero-order valence-electron chi connectivity index (χ0n) is 5.74. The van der Waals surface area contributed by atoms with Gasteiger partial charge in [0.25, 0.3) is 0 Å². The Bertz CT molecular complexity index is 63.3. The first-order chi connectivity index (χ1) is 4.18. The van der Waals surface area contributed by atoms with E-state index in [1.54, 1.807) is 0 Å². The molecule has 0 heterocycles. The van der Waals surface area contributed by atoms with Crippen LogP contribution in [0, 0.1) is 6.61 Å². The summed E-state index contributed by atoms with van der Waals surface area (Å²) in [6.45, 7) is 4.81. The van der Waals surface area contributed by atoms with Gasteiger partial charge in [-0.1, -0.05) is 6.92 Å². The van der Waals surface area contributed by atoms with Gasteiger partial charge < -0.3 is 14.9 Å². The lowest BCUT2D eigenvalue weighted by molar-refractivity contribution is -0.136. The first-order valence-electron chi connectivity index (χ1n) is 3.01. The molecular weight excluding hydrogens is 120 g/mol. The third-order valence-electron chi connectivity index (χ3n) is 0.815. The van der Waals surface area contributed by atoms with E-state index in [2.05, 4.69) is 4.74 Å². The fourth-order valence-corrected chi connectivity index (χ4v) is 0.309. The maximum absolute atomic E-state index is 8.75. The number of ether oxygens (including phenoxy) is 1. The molecule has 3 nitrogen and oxygen atoms in total. The average molecular weight is 133 g/mol. The van der Waals surface area contributed by atoms with Crippen LogP contribution in [0.3, 0.4) is 0 Å². The molecule has 0 amide bonds. The minimum absolute atomic E-state index is 0.726.